The fraction of sp³-hybridized carbons (Fsp3) is 0.474. The highest BCUT2D eigenvalue weighted by molar-refractivity contribution is 5.98. The van der Waals surface area contributed by atoms with Crippen LogP contribution in [-0.2, 0) is 14.3 Å². The van der Waals surface area contributed by atoms with Crippen LogP contribution < -0.4 is 16.0 Å². The van der Waals surface area contributed by atoms with Crippen LogP contribution in [0, 0.1) is 17.6 Å². The number of esters is 1. The van der Waals surface area contributed by atoms with Gasteiger partial charge in [-0.15, -0.1) is 0 Å². The molecule has 0 saturated carbocycles. The van der Waals surface area contributed by atoms with Crippen molar-refractivity contribution >= 4 is 23.8 Å². The van der Waals surface area contributed by atoms with Crippen LogP contribution in [0.25, 0.3) is 0 Å². The molecule has 0 aliphatic heterocycles. The van der Waals surface area contributed by atoms with Crippen LogP contribution >= 0.6 is 0 Å². The smallest absolute Gasteiger partial charge is 0.329 e. The molecule has 0 heterocycles. The second-order valence-electron chi connectivity index (χ2n) is 7.65. The van der Waals surface area contributed by atoms with Crippen LogP contribution in [0.2, 0.25) is 0 Å². The summed E-state index contributed by atoms with van der Waals surface area (Å²) in [6, 6.07) is 0.894. The number of hydrogen-bond donors (Lipinski definition) is 3. The van der Waals surface area contributed by atoms with Crippen molar-refractivity contribution in [2.45, 2.75) is 46.2 Å². The lowest BCUT2D eigenvalue weighted by Gasteiger charge is -2.22. The Morgan fingerprint density at radius 3 is 2.10 bits per heavy atom. The molecule has 1 aromatic carbocycles. The molecule has 4 amide bonds. The van der Waals surface area contributed by atoms with E-state index in [0.29, 0.717) is 0 Å². The molecule has 0 spiro atoms. The first-order chi connectivity index (χ1) is 13.3. The molecular formula is C19H25F2N3O5. The standard InChI is InChI=1S/C19H25F2N3O5/c1-10(2)15(23-16(26)14-11(20)7-6-8-12(14)21)17(27)29-9-13(25)22-18(28)24-19(3,4)5/h6-8,10,15H,9H2,1-5H3,(H,23,26)(H2,22,24,25,28)/t15-/m0/s1. The molecule has 8 nitrogen and oxygen atoms in total. The van der Waals surface area contributed by atoms with Gasteiger partial charge in [0, 0.05) is 5.54 Å². The van der Waals surface area contributed by atoms with Crippen molar-refractivity contribution in [3.05, 3.63) is 35.4 Å². The van der Waals surface area contributed by atoms with Crippen molar-refractivity contribution < 1.29 is 32.7 Å². The van der Waals surface area contributed by atoms with Gasteiger partial charge < -0.3 is 15.4 Å². The first kappa shape index (κ1) is 24.0. The summed E-state index contributed by atoms with van der Waals surface area (Å²) in [4.78, 5) is 47.8. The highest BCUT2D eigenvalue weighted by Gasteiger charge is 2.29. The lowest BCUT2D eigenvalue weighted by Crippen LogP contribution is -2.50. The zero-order chi connectivity index (χ0) is 22.4. The molecule has 1 rings (SSSR count). The molecule has 0 fully saturated rings. The number of rotatable bonds is 6. The lowest BCUT2D eigenvalue weighted by molar-refractivity contribution is -0.151. The maximum Gasteiger partial charge on any atom is 0.329 e. The number of urea groups is 1. The number of hydrogen-bond acceptors (Lipinski definition) is 5. The number of ether oxygens (including phenoxy) is 1. The Morgan fingerprint density at radius 1 is 1.07 bits per heavy atom. The van der Waals surface area contributed by atoms with Crippen LogP contribution in [-0.4, -0.2) is 42.0 Å². The second kappa shape index (κ2) is 9.94. The molecule has 1 aromatic rings. The summed E-state index contributed by atoms with van der Waals surface area (Å²) in [6.45, 7) is 7.51. The maximum atomic E-state index is 13.7. The van der Waals surface area contributed by atoms with Crippen LogP contribution in [0.3, 0.4) is 0 Å². The van der Waals surface area contributed by atoms with E-state index in [9.17, 15) is 28.0 Å². The largest absolute Gasteiger partial charge is 0.454 e. The molecule has 0 bridgehead atoms. The molecule has 0 aromatic heterocycles. The molecule has 0 radical (unpaired) electrons. The first-order valence-electron chi connectivity index (χ1n) is 8.85. The molecule has 0 aliphatic carbocycles. The van der Waals surface area contributed by atoms with Crippen molar-refractivity contribution in [1.82, 2.24) is 16.0 Å². The third-order valence-corrected chi connectivity index (χ3v) is 3.48. The summed E-state index contributed by atoms with van der Waals surface area (Å²) in [5.74, 6) is -5.67. The monoisotopic (exact) mass is 413 g/mol. The van der Waals surface area contributed by atoms with Gasteiger partial charge in [-0.2, -0.15) is 0 Å². The number of benzene rings is 1. The summed E-state index contributed by atoms with van der Waals surface area (Å²) >= 11 is 0. The summed E-state index contributed by atoms with van der Waals surface area (Å²) in [6.07, 6.45) is 0. The molecule has 1 atom stereocenters. The zero-order valence-corrected chi connectivity index (χ0v) is 16.9. The van der Waals surface area contributed by atoms with Crippen LogP contribution in [0.1, 0.15) is 45.0 Å². The maximum absolute atomic E-state index is 13.7. The number of amides is 4. The number of halogens is 2. The van der Waals surface area contributed by atoms with Crippen molar-refractivity contribution in [3.63, 3.8) is 0 Å². The Kier molecular flexibility index (Phi) is 8.23. The van der Waals surface area contributed by atoms with Crippen molar-refractivity contribution in [2.24, 2.45) is 5.92 Å². The van der Waals surface area contributed by atoms with Crippen molar-refractivity contribution in [3.8, 4) is 0 Å². The number of carbonyl (C=O) groups is 4. The highest BCUT2D eigenvalue weighted by Crippen LogP contribution is 2.13. The van der Waals surface area contributed by atoms with E-state index in [4.69, 9.17) is 4.74 Å². The average Bonchev–Trinajstić information content (AvgIpc) is 2.55. The van der Waals surface area contributed by atoms with E-state index >= 15 is 0 Å². The normalized spacial score (nSPS) is 12.1. The number of carbonyl (C=O) groups excluding carboxylic acids is 4. The first-order valence-corrected chi connectivity index (χ1v) is 8.85. The zero-order valence-electron chi connectivity index (χ0n) is 16.9. The molecule has 3 N–H and O–H groups in total. The van der Waals surface area contributed by atoms with Gasteiger partial charge in [-0.3, -0.25) is 14.9 Å². The molecule has 10 heteroatoms. The Balaban J connectivity index is 2.70. The van der Waals surface area contributed by atoms with E-state index in [2.05, 4.69) is 10.6 Å². The van der Waals surface area contributed by atoms with Gasteiger partial charge in [0.15, 0.2) is 6.61 Å². The van der Waals surface area contributed by atoms with E-state index in [-0.39, 0.29) is 0 Å². The summed E-state index contributed by atoms with van der Waals surface area (Å²) in [5, 5.41) is 6.69. The molecular weight excluding hydrogens is 388 g/mol. The van der Waals surface area contributed by atoms with Gasteiger partial charge in [0.05, 0.1) is 0 Å². The molecule has 160 valence electrons. The molecule has 29 heavy (non-hydrogen) atoms. The Labute approximate surface area is 167 Å². The fourth-order valence-corrected chi connectivity index (χ4v) is 2.19. The minimum atomic E-state index is -1.27. The average molecular weight is 413 g/mol. The minimum absolute atomic E-state index is 0.506. The van der Waals surface area contributed by atoms with Gasteiger partial charge in [0.25, 0.3) is 11.8 Å². The van der Waals surface area contributed by atoms with E-state index in [1.54, 1.807) is 34.6 Å². The van der Waals surface area contributed by atoms with Crippen molar-refractivity contribution in [1.29, 1.82) is 0 Å². The third kappa shape index (κ3) is 7.84. The van der Waals surface area contributed by atoms with E-state index in [1.165, 1.54) is 0 Å². The van der Waals surface area contributed by atoms with E-state index in [0.717, 1.165) is 18.2 Å². The quantitative estimate of drug-likeness (QED) is 0.617. The van der Waals surface area contributed by atoms with Gasteiger partial charge in [-0.25, -0.2) is 18.4 Å². The Bertz CT molecular complexity index is 770. The predicted octanol–water partition coefficient (Wildman–Crippen LogP) is 1.89. The summed E-state index contributed by atoms with van der Waals surface area (Å²) in [7, 11) is 0. The van der Waals surface area contributed by atoms with Gasteiger partial charge in [-0.05, 0) is 38.8 Å². The predicted molar refractivity (Wildman–Crippen MR) is 99.8 cm³/mol. The number of imide groups is 1. The topological polar surface area (TPSA) is 114 Å². The summed E-state index contributed by atoms with van der Waals surface area (Å²) in [5.41, 5.74) is -1.40. The minimum Gasteiger partial charge on any atom is -0.454 e. The van der Waals surface area contributed by atoms with Crippen LogP contribution in [0.15, 0.2) is 18.2 Å². The second-order valence-corrected chi connectivity index (χ2v) is 7.65. The lowest BCUT2D eigenvalue weighted by atomic mass is 10.0. The molecule has 0 unspecified atom stereocenters. The van der Waals surface area contributed by atoms with E-state index in [1.807, 2.05) is 5.32 Å². The van der Waals surface area contributed by atoms with Gasteiger partial charge in [0.2, 0.25) is 0 Å². The Hall–Kier alpha value is -3.04. The third-order valence-electron chi connectivity index (χ3n) is 3.48. The Morgan fingerprint density at radius 2 is 1.62 bits per heavy atom. The number of nitrogens with one attached hydrogen (secondary N) is 3. The van der Waals surface area contributed by atoms with Crippen LogP contribution in [0.4, 0.5) is 13.6 Å². The fourth-order valence-electron chi connectivity index (χ4n) is 2.19. The van der Waals surface area contributed by atoms with E-state index < -0.39 is 65.1 Å². The molecule has 0 saturated heterocycles. The summed E-state index contributed by atoms with van der Waals surface area (Å²) < 4.78 is 32.3. The van der Waals surface area contributed by atoms with Gasteiger partial charge >= 0.3 is 12.0 Å². The highest BCUT2D eigenvalue weighted by atomic mass is 19.1. The van der Waals surface area contributed by atoms with Crippen LogP contribution in [0.5, 0.6) is 0 Å². The van der Waals surface area contributed by atoms with Gasteiger partial charge in [-0.1, -0.05) is 19.9 Å². The SMILES string of the molecule is CC(C)[C@H](NC(=O)c1c(F)cccc1F)C(=O)OCC(=O)NC(=O)NC(C)(C)C. The molecule has 0 aliphatic rings. The van der Waals surface area contributed by atoms with Crippen molar-refractivity contribution in [2.75, 3.05) is 6.61 Å². The van der Waals surface area contributed by atoms with Gasteiger partial charge in [0.1, 0.15) is 23.2 Å².